The molecule has 0 radical (unpaired) electrons. The van der Waals surface area contributed by atoms with Crippen molar-refractivity contribution >= 4 is 5.91 Å². The summed E-state index contributed by atoms with van der Waals surface area (Å²) >= 11 is 0. The minimum absolute atomic E-state index is 0.0526. The first-order valence-electron chi connectivity index (χ1n) is 7.97. The van der Waals surface area contributed by atoms with Crippen molar-refractivity contribution in [2.75, 3.05) is 19.6 Å². The number of aryl methyl sites for hydroxylation is 1. The molecular weight excluding hydrogens is 266 g/mol. The molecule has 2 saturated heterocycles. The van der Waals surface area contributed by atoms with E-state index in [1.54, 1.807) is 4.68 Å². The Balaban J connectivity index is 1.55. The number of hydrogen-bond acceptors (Lipinski definition) is 4. The topological polar surface area (TPSA) is 62.2 Å². The van der Waals surface area contributed by atoms with E-state index in [1.165, 1.54) is 0 Å². The van der Waals surface area contributed by atoms with E-state index in [1.807, 2.05) is 19.3 Å². The number of hydrogen-bond donors (Lipinski definition) is 2. The van der Waals surface area contributed by atoms with E-state index in [-0.39, 0.29) is 11.9 Å². The van der Waals surface area contributed by atoms with Crippen molar-refractivity contribution in [3.8, 4) is 0 Å². The summed E-state index contributed by atoms with van der Waals surface area (Å²) in [5, 5.41) is 10.7. The van der Waals surface area contributed by atoms with Crippen LogP contribution in [0, 0.1) is 0 Å². The average molecular weight is 291 g/mol. The van der Waals surface area contributed by atoms with Crippen LogP contribution in [-0.4, -0.2) is 52.3 Å². The molecule has 2 N–H and O–H groups in total. The standard InChI is InChI=1S/C15H25N5O/c1-19-10-6-12(18-19)11-17-15(21)14-3-2-9-20(14)13-4-7-16-8-5-13/h6,10,13-14,16H,2-5,7-9,11H2,1H3,(H,17,21). The molecule has 0 aliphatic carbocycles. The first-order chi connectivity index (χ1) is 10.2. The second-order valence-corrected chi connectivity index (χ2v) is 6.08. The molecule has 2 aliphatic rings. The SMILES string of the molecule is Cn1ccc(CNC(=O)C2CCCN2C2CCNCC2)n1. The van der Waals surface area contributed by atoms with Gasteiger partial charge < -0.3 is 10.6 Å². The summed E-state index contributed by atoms with van der Waals surface area (Å²) in [6.45, 7) is 3.73. The van der Waals surface area contributed by atoms with Gasteiger partial charge in [-0.15, -0.1) is 0 Å². The Labute approximate surface area is 125 Å². The Morgan fingerprint density at radius 1 is 1.43 bits per heavy atom. The predicted molar refractivity (Wildman–Crippen MR) is 80.7 cm³/mol. The highest BCUT2D eigenvalue weighted by atomic mass is 16.2. The molecule has 0 aromatic carbocycles. The minimum atomic E-state index is 0.0526. The number of nitrogens with one attached hydrogen (secondary N) is 2. The van der Waals surface area contributed by atoms with E-state index in [0.29, 0.717) is 12.6 Å². The van der Waals surface area contributed by atoms with Crippen LogP contribution in [0.1, 0.15) is 31.4 Å². The zero-order chi connectivity index (χ0) is 14.7. The molecule has 1 aromatic heterocycles. The number of aromatic nitrogens is 2. The molecule has 3 heterocycles. The van der Waals surface area contributed by atoms with Gasteiger partial charge in [0.25, 0.3) is 0 Å². The molecule has 6 nitrogen and oxygen atoms in total. The van der Waals surface area contributed by atoms with Crippen LogP contribution in [0.3, 0.4) is 0 Å². The van der Waals surface area contributed by atoms with Crippen LogP contribution in [0.2, 0.25) is 0 Å². The van der Waals surface area contributed by atoms with Gasteiger partial charge in [-0.3, -0.25) is 14.4 Å². The lowest BCUT2D eigenvalue weighted by atomic mass is 10.0. The zero-order valence-corrected chi connectivity index (χ0v) is 12.7. The minimum Gasteiger partial charge on any atom is -0.349 e. The van der Waals surface area contributed by atoms with Gasteiger partial charge in [0, 0.05) is 19.3 Å². The van der Waals surface area contributed by atoms with Crippen LogP contribution in [0.15, 0.2) is 12.3 Å². The van der Waals surface area contributed by atoms with Gasteiger partial charge in [0.15, 0.2) is 0 Å². The van der Waals surface area contributed by atoms with Crippen molar-refractivity contribution in [2.24, 2.45) is 7.05 Å². The van der Waals surface area contributed by atoms with Crippen molar-refractivity contribution in [3.63, 3.8) is 0 Å². The van der Waals surface area contributed by atoms with E-state index < -0.39 is 0 Å². The molecule has 3 rings (SSSR count). The highest BCUT2D eigenvalue weighted by molar-refractivity contribution is 5.82. The van der Waals surface area contributed by atoms with Crippen LogP contribution < -0.4 is 10.6 Å². The maximum atomic E-state index is 12.5. The number of amides is 1. The van der Waals surface area contributed by atoms with E-state index in [0.717, 1.165) is 51.0 Å². The van der Waals surface area contributed by atoms with E-state index in [9.17, 15) is 4.79 Å². The molecular formula is C15H25N5O. The number of rotatable bonds is 4. The smallest absolute Gasteiger partial charge is 0.237 e. The molecule has 1 amide bonds. The van der Waals surface area contributed by atoms with Crippen molar-refractivity contribution in [2.45, 2.75) is 44.3 Å². The fourth-order valence-corrected chi connectivity index (χ4v) is 3.50. The summed E-state index contributed by atoms with van der Waals surface area (Å²) < 4.78 is 1.76. The summed E-state index contributed by atoms with van der Waals surface area (Å²) in [6, 6.07) is 2.57. The van der Waals surface area contributed by atoms with E-state index in [4.69, 9.17) is 0 Å². The third kappa shape index (κ3) is 3.44. The number of carbonyl (C=O) groups is 1. The number of carbonyl (C=O) groups excluding carboxylic acids is 1. The molecule has 1 unspecified atom stereocenters. The van der Waals surface area contributed by atoms with Crippen LogP contribution >= 0.6 is 0 Å². The Kier molecular flexibility index (Phi) is 4.55. The van der Waals surface area contributed by atoms with Gasteiger partial charge in [0.2, 0.25) is 5.91 Å². The van der Waals surface area contributed by atoms with Gasteiger partial charge in [0.1, 0.15) is 0 Å². The van der Waals surface area contributed by atoms with Crippen molar-refractivity contribution in [1.82, 2.24) is 25.3 Å². The molecule has 6 heteroatoms. The van der Waals surface area contributed by atoms with Gasteiger partial charge in [-0.1, -0.05) is 0 Å². The monoisotopic (exact) mass is 291 g/mol. The summed E-state index contributed by atoms with van der Waals surface area (Å²) in [6.07, 6.45) is 6.33. The molecule has 116 valence electrons. The molecule has 2 aliphatic heterocycles. The normalized spacial score (nSPS) is 24.3. The first-order valence-corrected chi connectivity index (χ1v) is 7.97. The second kappa shape index (κ2) is 6.58. The summed E-state index contributed by atoms with van der Waals surface area (Å²) in [4.78, 5) is 14.9. The predicted octanol–water partition coefficient (Wildman–Crippen LogP) is 0.253. The fourth-order valence-electron chi connectivity index (χ4n) is 3.50. The summed E-state index contributed by atoms with van der Waals surface area (Å²) in [5.41, 5.74) is 0.914. The van der Waals surface area contributed by atoms with Gasteiger partial charge in [-0.25, -0.2) is 0 Å². The Hall–Kier alpha value is -1.40. The van der Waals surface area contributed by atoms with Gasteiger partial charge in [-0.2, -0.15) is 5.10 Å². The van der Waals surface area contributed by atoms with Gasteiger partial charge in [0.05, 0.1) is 18.3 Å². The Bertz CT molecular complexity index is 480. The number of likely N-dealkylation sites (tertiary alicyclic amines) is 1. The highest BCUT2D eigenvalue weighted by Crippen LogP contribution is 2.24. The summed E-state index contributed by atoms with van der Waals surface area (Å²) in [7, 11) is 1.89. The van der Waals surface area contributed by atoms with Crippen LogP contribution in [0.4, 0.5) is 0 Å². The lowest BCUT2D eigenvalue weighted by Gasteiger charge is -2.35. The lowest BCUT2D eigenvalue weighted by molar-refractivity contribution is -0.126. The molecule has 0 bridgehead atoms. The third-order valence-electron chi connectivity index (χ3n) is 4.59. The largest absolute Gasteiger partial charge is 0.349 e. The summed E-state index contributed by atoms with van der Waals surface area (Å²) in [5.74, 6) is 0.164. The fraction of sp³-hybridized carbons (Fsp3) is 0.733. The maximum absolute atomic E-state index is 12.5. The van der Waals surface area contributed by atoms with Crippen LogP contribution in [-0.2, 0) is 18.4 Å². The van der Waals surface area contributed by atoms with E-state index >= 15 is 0 Å². The zero-order valence-electron chi connectivity index (χ0n) is 12.7. The molecule has 0 spiro atoms. The Morgan fingerprint density at radius 2 is 2.24 bits per heavy atom. The quantitative estimate of drug-likeness (QED) is 0.835. The average Bonchev–Trinajstić information content (AvgIpc) is 3.14. The van der Waals surface area contributed by atoms with Crippen molar-refractivity contribution in [3.05, 3.63) is 18.0 Å². The van der Waals surface area contributed by atoms with Crippen molar-refractivity contribution in [1.29, 1.82) is 0 Å². The third-order valence-corrected chi connectivity index (χ3v) is 4.59. The second-order valence-electron chi connectivity index (χ2n) is 6.08. The highest BCUT2D eigenvalue weighted by Gasteiger charge is 2.35. The number of nitrogens with zero attached hydrogens (tertiary/aromatic N) is 3. The van der Waals surface area contributed by atoms with Crippen LogP contribution in [0.25, 0.3) is 0 Å². The first kappa shape index (κ1) is 14.5. The Morgan fingerprint density at radius 3 is 2.95 bits per heavy atom. The molecule has 1 aromatic rings. The van der Waals surface area contributed by atoms with Crippen LogP contribution in [0.5, 0.6) is 0 Å². The number of piperidine rings is 1. The molecule has 1 atom stereocenters. The molecule has 2 fully saturated rings. The van der Waals surface area contributed by atoms with Crippen molar-refractivity contribution < 1.29 is 4.79 Å². The van der Waals surface area contributed by atoms with Gasteiger partial charge in [-0.05, 0) is 51.4 Å². The molecule has 0 saturated carbocycles. The van der Waals surface area contributed by atoms with E-state index in [2.05, 4.69) is 20.6 Å². The molecule has 21 heavy (non-hydrogen) atoms. The lowest BCUT2D eigenvalue weighted by Crippen LogP contribution is -2.50. The van der Waals surface area contributed by atoms with Gasteiger partial charge >= 0.3 is 0 Å². The maximum Gasteiger partial charge on any atom is 0.237 e.